The number of halogens is 3. The smallest absolute Gasteiger partial charge is 0.340 e. The summed E-state index contributed by atoms with van der Waals surface area (Å²) in [6, 6.07) is 3.39. The maximum absolute atomic E-state index is 12.5. The van der Waals surface area contributed by atoms with Crippen LogP contribution in [0.5, 0.6) is 0 Å². The highest BCUT2D eigenvalue weighted by Crippen LogP contribution is 2.32. The van der Waals surface area contributed by atoms with Gasteiger partial charge >= 0.3 is 12.1 Å². The molecular formula is C14H14F3N3O2S. The Hall–Kier alpha value is -1.90. The Morgan fingerprint density at radius 1 is 1.43 bits per heavy atom. The van der Waals surface area contributed by atoms with Gasteiger partial charge in [0.2, 0.25) is 11.7 Å². The Morgan fingerprint density at radius 3 is 2.74 bits per heavy atom. The molecule has 5 nitrogen and oxygen atoms in total. The van der Waals surface area contributed by atoms with Gasteiger partial charge in [-0.15, -0.1) is 11.3 Å². The zero-order valence-electron chi connectivity index (χ0n) is 12.3. The fourth-order valence-corrected chi connectivity index (χ4v) is 3.29. The number of aromatic nitrogens is 2. The summed E-state index contributed by atoms with van der Waals surface area (Å²) in [7, 11) is 1.73. The summed E-state index contributed by atoms with van der Waals surface area (Å²) in [6.07, 6.45) is -1.70. The van der Waals surface area contributed by atoms with Crippen LogP contribution in [-0.4, -0.2) is 28.0 Å². The number of hydrogen-bond acceptors (Lipinski definition) is 5. The van der Waals surface area contributed by atoms with Crippen molar-refractivity contribution in [3.05, 3.63) is 22.9 Å². The number of amides is 1. The summed E-state index contributed by atoms with van der Waals surface area (Å²) in [4.78, 5) is 18.4. The number of rotatable bonds is 4. The lowest BCUT2D eigenvalue weighted by molar-refractivity contribution is -0.159. The second-order valence-electron chi connectivity index (χ2n) is 5.51. The molecule has 1 amide bonds. The summed E-state index contributed by atoms with van der Waals surface area (Å²) in [5, 5.41) is 3.35. The molecule has 0 radical (unpaired) electrons. The van der Waals surface area contributed by atoms with Crippen LogP contribution < -0.4 is 0 Å². The minimum atomic E-state index is -4.65. The number of thiophene rings is 1. The van der Waals surface area contributed by atoms with Gasteiger partial charge in [-0.3, -0.25) is 4.79 Å². The van der Waals surface area contributed by atoms with Crippen LogP contribution in [0.15, 0.2) is 16.7 Å². The Kier molecular flexibility index (Phi) is 4.13. The predicted molar refractivity (Wildman–Crippen MR) is 76.4 cm³/mol. The lowest BCUT2D eigenvalue weighted by Gasteiger charge is -2.28. The minimum Gasteiger partial charge on any atom is -0.340 e. The third-order valence-electron chi connectivity index (χ3n) is 3.77. The van der Waals surface area contributed by atoms with Gasteiger partial charge in [0.05, 0.1) is 11.4 Å². The first-order valence-electron chi connectivity index (χ1n) is 7.09. The highest BCUT2D eigenvalue weighted by Gasteiger charge is 2.38. The molecule has 1 saturated carbocycles. The van der Waals surface area contributed by atoms with E-state index in [0.717, 1.165) is 24.1 Å². The van der Waals surface area contributed by atoms with Crippen LogP contribution in [0, 0.1) is 5.92 Å². The molecule has 3 rings (SSSR count). The van der Waals surface area contributed by atoms with Crippen molar-refractivity contribution in [1.82, 2.24) is 15.0 Å². The van der Waals surface area contributed by atoms with Gasteiger partial charge in [0.1, 0.15) is 0 Å². The van der Waals surface area contributed by atoms with Crippen LogP contribution >= 0.6 is 11.3 Å². The third-order valence-corrected chi connectivity index (χ3v) is 4.84. The van der Waals surface area contributed by atoms with Crippen LogP contribution in [0.2, 0.25) is 0 Å². The molecule has 1 aliphatic rings. The van der Waals surface area contributed by atoms with E-state index in [4.69, 9.17) is 0 Å². The van der Waals surface area contributed by atoms with Crippen molar-refractivity contribution in [2.24, 2.45) is 5.92 Å². The predicted octanol–water partition coefficient (Wildman–Crippen LogP) is 3.58. The van der Waals surface area contributed by atoms with Gasteiger partial charge in [0, 0.05) is 17.8 Å². The average molecular weight is 345 g/mol. The lowest BCUT2D eigenvalue weighted by atomic mass is 9.84. The summed E-state index contributed by atoms with van der Waals surface area (Å²) in [6.45, 7) is 0.421. The largest absolute Gasteiger partial charge is 0.471 e. The maximum atomic E-state index is 12.5. The standard InChI is InChI=1S/C14H14F3N3O2S/c1-20(12(21)8-3-2-4-8)7-9-5-6-10(23-9)11-18-13(22-19-11)14(15,16)17/h5-6,8H,2-4,7H2,1H3. The Morgan fingerprint density at radius 2 is 2.17 bits per heavy atom. The van der Waals surface area contributed by atoms with E-state index in [9.17, 15) is 18.0 Å². The molecule has 0 bridgehead atoms. The van der Waals surface area contributed by atoms with Crippen LogP contribution in [0.25, 0.3) is 10.7 Å². The van der Waals surface area contributed by atoms with Gasteiger partial charge in [-0.05, 0) is 25.0 Å². The molecule has 1 fully saturated rings. The molecule has 0 N–H and O–H groups in total. The fraction of sp³-hybridized carbons (Fsp3) is 0.500. The average Bonchev–Trinajstić information content (AvgIpc) is 3.03. The van der Waals surface area contributed by atoms with Crippen molar-refractivity contribution in [2.75, 3.05) is 7.05 Å². The Bertz CT molecular complexity index is 706. The molecule has 2 aromatic heterocycles. The number of alkyl halides is 3. The lowest BCUT2D eigenvalue weighted by Crippen LogP contribution is -2.35. The summed E-state index contributed by atoms with van der Waals surface area (Å²) < 4.78 is 41.6. The zero-order chi connectivity index (χ0) is 16.6. The molecule has 2 heterocycles. The third kappa shape index (κ3) is 3.39. The Labute approximate surface area is 134 Å². The van der Waals surface area contributed by atoms with E-state index in [-0.39, 0.29) is 17.6 Å². The summed E-state index contributed by atoms with van der Waals surface area (Å²) in [5.41, 5.74) is 0. The van der Waals surface area contributed by atoms with Crippen LogP contribution in [0.4, 0.5) is 13.2 Å². The topological polar surface area (TPSA) is 59.2 Å². The molecule has 9 heteroatoms. The second kappa shape index (κ2) is 5.95. The number of carbonyl (C=O) groups is 1. The molecule has 0 unspecified atom stereocenters. The van der Waals surface area contributed by atoms with Crippen LogP contribution in [0.1, 0.15) is 30.0 Å². The first-order valence-corrected chi connectivity index (χ1v) is 7.91. The van der Waals surface area contributed by atoms with E-state index < -0.39 is 12.1 Å². The van der Waals surface area contributed by atoms with Crippen molar-refractivity contribution in [3.8, 4) is 10.7 Å². The zero-order valence-corrected chi connectivity index (χ0v) is 13.1. The quantitative estimate of drug-likeness (QED) is 0.850. The van der Waals surface area contributed by atoms with Gasteiger partial charge in [-0.2, -0.15) is 18.2 Å². The first-order chi connectivity index (χ1) is 10.8. The van der Waals surface area contributed by atoms with E-state index >= 15 is 0 Å². The molecule has 0 saturated heterocycles. The van der Waals surface area contributed by atoms with Crippen molar-refractivity contribution in [1.29, 1.82) is 0 Å². The number of nitrogens with zero attached hydrogens (tertiary/aromatic N) is 3. The summed E-state index contributed by atoms with van der Waals surface area (Å²) in [5.74, 6) is -1.22. The monoisotopic (exact) mass is 345 g/mol. The van der Waals surface area contributed by atoms with E-state index in [1.54, 1.807) is 24.1 Å². The second-order valence-corrected chi connectivity index (χ2v) is 6.68. The molecule has 2 aromatic rings. The number of hydrogen-bond donors (Lipinski definition) is 0. The van der Waals surface area contributed by atoms with E-state index in [1.165, 1.54) is 11.3 Å². The molecule has 0 aliphatic heterocycles. The van der Waals surface area contributed by atoms with Gasteiger partial charge in [-0.1, -0.05) is 11.6 Å². The normalized spacial score (nSPS) is 15.5. The van der Waals surface area contributed by atoms with E-state index in [0.29, 0.717) is 11.4 Å². The van der Waals surface area contributed by atoms with E-state index in [1.807, 2.05) is 0 Å². The van der Waals surface area contributed by atoms with Crippen LogP contribution in [-0.2, 0) is 17.5 Å². The van der Waals surface area contributed by atoms with Gasteiger partial charge in [0.15, 0.2) is 0 Å². The summed E-state index contributed by atoms with van der Waals surface area (Å²) >= 11 is 1.25. The molecule has 23 heavy (non-hydrogen) atoms. The highest BCUT2D eigenvalue weighted by molar-refractivity contribution is 7.15. The van der Waals surface area contributed by atoms with Gasteiger partial charge in [0.25, 0.3) is 0 Å². The van der Waals surface area contributed by atoms with Crippen molar-refractivity contribution < 1.29 is 22.5 Å². The molecule has 1 aliphatic carbocycles. The van der Waals surface area contributed by atoms with Crippen molar-refractivity contribution in [2.45, 2.75) is 32.0 Å². The van der Waals surface area contributed by atoms with Gasteiger partial charge < -0.3 is 9.42 Å². The van der Waals surface area contributed by atoms with Crippen molar-refractivity contribution in [3.63, 3.8) is 0 Å². The first kappa shape index (κ1) is 16.0. The van der Waals surface area contributed by atoms with Gasteiger partial charge in [-0.25, -0.2) is 0 Å². The molecular weight excluding hydrogens is 331 g/mol. The van der Waals surface area contributed by atoms with E-state index in [2.05, 4.69) is 14.7 Å². The van der Waals surface area contributed by atoms with Crippen LogP contribution in [0.3, 0.4) is 0 Å². The molecule has 124 valence electrons. The molecule has 0 aromatic carbocycles. The maximum Gasteiger partial charge on any atom is 0.471 e. The number of carbonyl (C=O) groups excluding carboxylic acids is 1. The SMILES string of the molecule is CN(Cc1ccc(-c2noc(C(F)(F)F)n2)s1)C(=O)C1CCC1. The molecule has 0 spiro atoms. The minimum absolute atomic E-state index is 0.0958. The van der Waals surface area contributed by atoms with Crippen molar-refractivity contribution >= 4 is 17.2 Å². The molecule has 0 atom stereocenters. The fourth-order valence-electron chi connectivity index (χ4n) is 2.30. The highest BCUT2D eigenvalue weighted by atomic mass is 32.1. The Balaban J connectivity index is 1.68.